The van der Waals surface area contributed by atoms with Crippen molar-refractivity contribution in [3.63, 3.8) is 0 Å². The zero-order valence-corrected chi connectivity index (χ0v) is 13.6. The molecule has 0 bridgehead atoms. The van der Waals surface area contributed by atoms with Crippen LogP contribution in [-0.2, 0) is 23.1 Å². The van der Waals surface area contributed by atoms with Crippen LogP contribution in [0.1, 0.15) is 31.5 Å². The van der Waals surface area contributed by atoms with E-state index in [1.807, 2.05) is 19.4 Å². The smallest absolute Gasteiger partial charge is 0.223 e. The second-order valence-electron chi connectivity index (χ2n) is 6.53. The molecule has 1 atom stereocenters. The van der Waals surface area contributed by atoms with Gasteiger partial charge < -0.3 is 14.2 Å². The predicted octanol–water partition coefficient (Wildman–Crippen LogP) is 1.02. The fraction of sp³-hybridized carbons (Fsp3) is 0.750. The highest BCUT2D eigenvalue weighted by Crippen LogP contribution is 2.38. The van der Waals surface area contributed by atoms with Crippen molar-refractivity contribution in [2.75, 3.05) is 33.4 Å². The molecule has 122 valence electrons. The summed E-state index contributed by atoms with van der Waals surface area (Å²) in [7, 11) is 3.73. The Hall–Kier alpha value is -1.40. The Morgan fingerprint density at radius 1 is 1.41 bits per heavy atom. The second kappa shape index (κ2) is 6.38. The minimum Gasteiger partial charge on any atom is -0.383 e. The maximum atomic E-state index is 12.3. The first-order chi connectivity index (χ1) is 10.6. The van der Waals surface area contributed by atoms with Gasteiger partial charge in [0.2, 0.25) is 5.91 Å². The monoisotopic (exact) mass is 306 g/mol. The molecule has 6 nitrogen and oxygen atoms in total. The first-order valence-corrected chi connectivity index (χ1v) is 8.13. The van der Waals surface area contributed by atoms with Gasteiger partial charge in [0, 0.05) is 46.1 Å². The topological polar surface area (TPSA) is 50.6 Å². The fourth-order valence-corrected chi connectivity index (χ4v) is 3.93. The number of ether oxygens (including phenoxy) is 1. The molecule has 0 aromatic carbocycles. The van der Waals surface area contributed by atoms with E-state index in [9.17, 15) is 4.79 Å². The molecule has 0 unspecified atom stereocenters. The number of hydrogen-bond donors (Lipinski definition) is 0. The van der Waals surface area contributed by atoms with Crippen molar-refractivity contribution in [1.29, 1.82) is 0 Å². The Balaban J connectivity index is 1.70. The summed E-state index contributed by atoms with van der Waals surface area (Å²) >= 11 is 0. The quantitative estimate of drug-likeness (QED) is 0.815. The zero-order valence-electron chi connectivity index (χ0n) is 13.6. The standard InChI is InChI=1S/C16H26N4O2/c1-18-9-7-17-14(18)12-19-8-3-5-16(13-19)6-4-15(21)20(16)10-11-22-2/h7,9H,3-6,8,10-13H2,1-2H3/t16-/m0/s1. The molecule has 3 heterocycles. The number of aryl methyl sites for hydroxylation is 1. The molecule has 2 aliphatic heterocycles. The number of carbonyl (C=O) groups is 1. The number of methoxy groups -OCH3 is 1. The van der Waals surface area contributed by atoms with Gasteiger partial charge in [-0.3, -0.25) is 9.69 Å². The molecule has 1 aromatic rings. The molecule has 2 saturated heterocycles. The fourth-order valence-electron chi connectivity index (χ4n) is 3.93. The third-order valence-electron chi connectivity index (χ3n) is 5.12. The van der Waals surface area contributed by atoms with Crippen LogP contribution in [0.25, 0.3) is 0 Å². The van der Waals surface area contributed by atoms with E-state index in [0.29, 0.717) is 19.6 Å². The highest BCUT2D eigenvalue weighted by molar-refractivity contribution is 5.79. The minimum atomic E-state index is 0.0129. The molecule has 1 aromatic heterocycles. The van der Waals surface area contributed by atoms with Gasteiger partial charge in [0.15, 0.2) is 0 Å². The van der Waals surface area contributed by atoms with Gasteiger partial charge in [0.25, 0.3) is 0 Å². The first-order valence-electron chi connectivity index (χ1n) is 8.13. The number of imidazole rings is 1. The molecule has 22 heavy (non-hydrogen) atoms. The molecular weight excluding hydrogens is 280 g/mol. The van der Waals surface area contributed by atoms with Gasteiger partial charge >= 0.3 is 0 Å². The lowest BCUT2D eigenvalue weighted by Crippen LogP contribution is -2.57. The molecule has 0 radical (unpaired) electrons. The van der Waals surface area contributed by atoms with Gasteiger partial charge in [-0.25, -0.2) is 4.98 Å². The Morgan fingerprint density at radius 3 is 3.00 bits per heavy atom. The summed E-state index contributed by atoms with van der Waals surface area (Å²) < 4.78 is 7.27. The summed E-state index contributed by atoms with van der Waals surface area (Å²) in [5.41, 5.74) is 0.0129. The normalized spacial score (nSPS) is 26.3. The lowest BCUT2D eigenvalue weighted by Gasteiger charge is -2.45. The molecular formula is C16H26N4O2. The molecule has 0 N–H and O–H groups in total. The molecule has 2 aliphatic rings. The van der Waals surface area contributed by atoms with Gasteiger partial charge in [0.1, 0.15) is 5.82 Å². The molecule has 0 aliphatic carbocycles. The van der Waals surface area contributed by atoms with Crippen LogP contribution in [0.15, 0.2) is 12.4 Å². The van der Waals surface area contributed by atoms with Gasteiger partial charge in [-0.15, -0.1) is 0 Å². The van der Waals surface area contributed by atoms with Crippen LogP contribution in [-0.4, -0.2) is 64.1 Å². The highest BCUT2D eigenvalue weighted by Gasteiger charge is 2.47. The van der Waals surface area contributed by atoms with E-state index in [1.54, 1.807) is 7.11 Å². The van der Waals surface area contributed by atoms with Crippen LogP contribution in [0.3, 0.4) is 0 Å². The van der Waals surface area contributed by atoms with Crippen molar-refractivity contribution >= 4 is 5.91 Å². The van der Waals surface area contributed by atoms with E-state index in [4.69, 9.17) is 4.74 Å². The van der Waals surface area contributed by atoms with E-state index in [1.165, 1.54) is 0 Å². The van der Waals surface area contributed by atoms with E-state index in [0.717, 1.165) is 44.7 Å². The first kappa shape index (κ1) is 15.5. The molecule has 6 heteroatoms. The molecule has 2 fully saturated rings. The van der Waals surface area contributed by atoms with Gasteiger partial charge in [-0.05, 0) is 25.8 Å². The van der Waals surface area contributed by atoms with Crippen molar-refractivity contribution in [3.05, 3.63) is 18.2 Å². The second-order valence-corrected chi connectivity index (χ2v) is 6.53. The lowest BCUT2D eigenvalue weighted by atomic mass is 9.86. The van der Waals surface area contributed by atoms with Gasteiger partial charge in [0.05, 0.1) is 18.7 Å². The van der Waals surface area contributed by atoms with Crippen LogP contribution in [0.2, 0.25) is 0 Å². The largest absolute Gasteiger partial charge is 0.383 e. The van der Waals surface area contributed by atoms with Crippen LogP contribution >= 0.6 is 0 Å². The molecule has 1 amide bonds. The minimum absolute atomic E-state index is 0.0129. The van der Waals surface area contributed by atoms with E-state index < -0.39 is 0 Å². The summed E-state index contributed by atoms with van der Waals surface area (Å²) in [5, 5.41) is 0. The van der Waals surface area contributed by atoms with Crippen molar-refractivity contribution in [2.45, 2.75) is 37.8 Å². The summed E-state index contributed by atoms with van der Waals surface area (Å²) in [6.07, 6.45) is 7.74. The number of hydrogen-bond acceptors (Lipinski definition) is 4. The van der Waals surface area contributed by atoms with E-state index in [-0.39, 0.29) is 11.4 Å². The maximum absolute atomic E-state index is 12.3. The predicted molar refractivity (Wildman–Crippen MR) is 83.3 cm³/mol. The molecule has 0 saturated carbocycles. The summed E-state index contributed by atoms with van der Waals surface area (Å²) in [4.78, 5) is 21.2. The van der Waals surface area contributed by atoms with Gasteiger partial charge in [-0.2, -0.15) is 0 Å². The Morgan fingerprint density at radius 2 is 2.27 bits per heavy atom. The SMILES string of the molecule is COCCN1C(=O)CC[C@]12CCCN(Cc1nccn1C)C2. The van der Waals surface area contributed by atoms with Crippen LogP contribution in [0.5, 0.6) is 0 Å². The summed E-state index contributed by atoms with van der Waals surface area (Å²) in [6.45, 7) is 4.23. The number of carbonyl (C=O) groups excluding carboxylic acids is 1. The van der Waals surface area contributed by atoms with E-state index in [2.05, 4.69) is 19.4 Å². The van der Waals surface area contributed by atoms with Crippen molar-refractivity contribution in [3.8, 4) is 0 Å². The summed E-state index contributed by atoms with van der Waals surface area (Å²) in [5.74, 6) is 1.38. The average molecular weight is 306 g/mol. The number of rotatable bonds is 5. The van der Waals surface area contributed by atoms with Crippen LogP contribution in [0, 0.1) is 0 Å². The summed E-state index contributed by atoms with van der Waals surface area (Å²) in [6, 6.07) is 0. The Labute approximate surface area is 132 Å². The van der Waals surface area contributed by atoms with Crippen molar-refractivity contribution in [2.24, 2.45) is 7.05 Å². The third-order valence-corrected chi connectivity index (χ3v) is 5.12. The average Bonchev–Trinajstić information content (AvgIpc) is 3.03. The number of nitrogens with zero attached hydrogens (tertiary/aromatic N) is 4. The number of aromatic nitrogens is 2. The van der Waals surface area contributed by atoms with Crippen LogP contribution < -0.4 is 0 Å². The molecule has 3 rings (SSSR count). The highest BCUT2D eigenvalue weighted by atomic mass is 16.5. The van der Waals surface area contributed by atoms with Gasteiger partial charge in [-0.1, -0.05) is 0 Å². The maximum Gasteiger partial charge on any atom is 0.223 e. The van der Waals surface area contributed by atoms with Crippen molar-refractivity contribution < 1.29 is 9.53 Å². The number of amides is 1. The zero-order chi connectivity index (χ0) is 15.6. The molecule has 1 spiro atoms. The van der Waals surface area contributed by atoms with E-state index >= 15 is 0 Å². The number of likely N-dealkylation sites (tertiary alicyclic amines) is 2. The lowest BCUT2D eigenvalue weighted by molar-refractivity contribution is -0.133. The van der Waals surface area contributed by atoms with Crippen molar-refractivity contribution in [1.82, 2.24) is 19.4 Å². The number of piperidine rings is 1. The third kappa shape index (κ3) is 2.90. The van der Waals surface area contributed by atoms with Crippen LogP contribution in [0.4, 0.5) is 0 Å². The Bertz CT molecular complexity index is 530. The Kier molecular flexibility index (Phi) is 4.49.